The van der Waals surface area contributed by atoms with E-state index in [9.17, 15) is 4.79 Å². The zero-order chi connectivity index (χ0) is 10.7. The van der Waals surface area contributed by atoms with Crippen LogP contribution in [0.25, 0.3) is 0 Å². The van der Waals surface area contributed by atoms with E-state index in [1.54, 1.807) is 24.3 Å². The zero-order valence-electron chi connectivity index (χ0n) is 8.34. The Labute approximate surface area is 87.8 Å². The lowest BCUT2D eigenvalue weighted by molar-refractivity contribution is 0.103. The first kappa shape index (κ1) is 9.52. The van der Waals surface area contributed by atoms with Crippen molar-refractivity contribution in [1.82, 2.24) is 10.2 Å². The van der Waals surface area contributed by atoms with Gasteiger partial charge in [0.2, 0.25) is 5.78 Å². The van der Waals surface area contributed by atoms with Crippen molar-refractivity contribution in [2.24, 2.45) is 0 Å². The predicted octanol–water partition coefficient (Wildman–Crippen LogP) is 2.02. The maximum Gasteiger partial charge on any atom is 0.213 e. The normalized spacial score (nSPS) is 9.93. The molecule has 3 nitrogen and oxygen atoms in total. The lowest BCUT2D eigenvalue weighted by atomic mass is 10.1. The number of nitrogens with zero attached hydrogens (tertiary/aromatic N) is 2. The van der Waals surface area contributed by atoms with Gasteiger partial charge in [-0.15, -0.1) is 5.10 Å². The Bertz CT molecular complexity index is 463. The van der Waals surface area contributed by atoms with Crippen molar-refractivity contribution in [3.63, 3.8) is 0 Å². The number of rotatable bonds is 2. The molecule has 0 saturated heterocycles. The predicted molar refractivity (Wildman–Crippen MR) is 56.6 cm³/mol. The highest BCUT2D eigenvalue weighted by molar-refractivity contribution is 6.07. The highest BCUT2D eigenvalue weighted by Crippen LogP contribution is 2.06. The third-order valence-electron chi connectivity index (χ3n) is 2.07. The van der Waals surface area contributed by atoms with Crippen LogP contribution >= 0.6 is 0 Å². The zero-order valence-corrected chi connectivity index (χ0v) is 8.34. The van der Waals surface area contributed by atoms with Crippen LogP contribution in [0, 0.1) is 6.92 Å². The summed E-state index contributed by atoms with van der Waals surface area (Å²) in [6, 6.07) is 12.5. The number of aromatic nitrogens is 2. The molecule has 1 aromatic heterocycles. The van der Waals surface area contributed by atoms with E-state index in [1.807, 2.05) is 25.1 Å². The number of ketones is 1. The Morgan fingerprint density at radius 3 is 2.33 bits per heavy atom. The van der Waals surface area contributed by atoms with Crippen molar-refractivity contribution in [2.45, 2.75) is 6.92 Å². The smallest absolute Gasteiger partial charge is 0.213 e. The number of aryl methyl sites for hydroxylation is 1. The van der Waals surface area contributed by atoms with Crippen LogP contribution in [0.5, 0.6) is 0 Å². The molecule has 3 heteroatoms. The van der Waals surface area contributed by atoms with E-state index in [4.69, 9.17) is 0 Å². The van der Waals surface area contributed by atoms with E-state index in [-0.39, 0.29) is 5.78 Å². The van der Waals surface area contributed by atoms with Gasteiger partial charge in [0.1, 0.15) is 5.69 Å². The fourth-order valence-electron chi connectivity index (χ4n) is 1.26. The van der Waals surface area contributed by atoms with Gasteiger partial charge < -0.3 is 0 Å². The Morgan fingerprint density at radius 2 is 1.73 bits per heavy atom. The molecule has 0 saturated carbocycles. The highest BCUT2D eigenvalue weighted by atomic mass is 16.1. The second kappa shape index (κ2) is 4.00. The van der Waals surface area contributed by atoms with Crippen molar-refractivity contribution in [2.75, 3.05) is 0 Å². The van der Waals surface area contributed by atoms with Gasteiger partial charge in [-0.1, -0.05) is 30.3 Å². The molecule has 0 fully saturated rings. The van der Waals surface area contributed by atoms with Gasteiger partial charge in [0, 0.05) is 5.56 Å². The van der Waals surface area contributed by atoms with Crippen molar-refractivity contribution >= 4 is 5.78 Å². The van der Waals surface area contributed by atoms with E-state index in [1.165, 1.54) is 0 Å². The SMILES string of the molecule is Cc1ccc(C(=O)c2ccccc2)nn1. The van der Waals surface area contributed by atoms with Gasteiger partial charge in [-0.05, 0) is 19.1 Å². The number of hydrogen-bond acceptors (Lipinski definition) is 3. The molecule has 0 atom stereocenters. The molecule has 1 aromatic carbocycles. The summed E-state index contributed by atoms with van der Waals surface area (Å²) in [4.78, 5) is 11.9. The van der Waals surface area contributed by atoms with Gasteiger partial charge in [0.25, 0.3) is 0 Å². The molecule has 0 bridgehead atoms. The third kappa shape index (κ3) is 2.07. The minimum atomic E-state index is -0.0944. The van der Waals surface area contributed by atoms with E-state index < -0.39 is 0 Å². The molecule has 0 radical (unpaired) electrons. The fourth-order valence-corrected chi connectivity index (χ4v) is 1.26. The summed E-state index contributed by atoms with van der Waals surface area (Å²) in [7, 11) is 0. The molecule has 0 spiro atoms. The van der Waals surface area contributed by atoms with Crippen molar-refractivity contribution in [1.29, 1.82) is 0 Å². The second-order valence-electron chi connectivity index (χ2n) is 3.26. The van der Waals surface area contributed by atoms with Crippen molar-refractivity contribution in [3.8, 4) is 0 Å². The number of carbonyl (C=O) groups is 1. The molecule has 15 heavy (non-hydrogen) atoms. The molecular weight excluding hydrogens is 188 g/mol. The Hall–Kier alpha value is -2.03. The van der Waals surface area contributed by atoms with E-state index in [2.05, 4.69) is 10.2 Å². The average Bonchev–Trinajstić information content (AvgIpc) is 2.30. The van der Waals surface area contributed by atoms with Crippen LogP contribution in [0.1, 0.15) is 21.7 Å². The van der Waals surface area contributed by atoms with Crippen LogP contribution in [-0.4, -0.2) is 16.0 Å². The molecular formula is C12H10N2O. The van der Waals surface area contributed by atoms with Gasteiger partial charge >= 0.3 is 0 Å². The largest absolute Gasteiger partial charge is 0.287 e. The number of benzene rings is 1. The fraction of sp³-hybridized carbons (Fsp3) is 0.0833. The molecule has 0 N–H and O–H groups in total. The Kier molecular flexibility index (Phi) is 2.54. The molecule has 0 aliphatic heterocycles. The van der Waals surface area contributed by atoms with Crippen LogP contribution in [0.15, 0.2) is 42.5 Å². The minimum Gasteiger partial charge on any atom is -0.287 e. The van der Waals surface area contributed by atoms with Gasteiger partial charge in [-0.2, -0.15) is 5.10 Å². The third-order valence-corrected chi connectivity index (χ3v) is 2.07. The summed E-state index contributed by atoms with van der Waals surface area (Å²) in [6.07, 6.45) is 0. The quantitative estimate of drug-likeness (QED) is 0.693. The van der Waals surface area contributed by atoms with Gasteiger partial charge in [0.15, 0.2) is 0 Å². The minimum absolute atomic E-state index is 0.0944. The molecule has 0 aliphatic rings. The first-order chi connectivity index (χ1) is 7.27. The van der Waals surface area contributed by atoms with Crippen LogP contribution < -0.4 is 0 Å². The first-order valence-electron chi connectivity index (χ1n) is 4.67. The summed E-state index contributed by atoms with van der Waals surface area (Å²) >= 11 is 0. The van der Waals surface area contributed by atoms with Crippen LogP contribution in [0.2, 0.25) is 0 Å². The van der Waals surface area contributed by atoms with Crippen LogP contribution in [0.4, 0.5) is 0 Å². The maximum absolute atomic E-state index is 11.9. The summed E-state index contributed by atoms with van der Waals surface area (Å²) in [5.41, 5.74) is 1.82. The number of carbonyl (C=O) groups excluding carboxylic acids is 1. The summed E-state index contributed by atoms with van der Waals surface area (Å²) in [6.45, 7) is 1.84. The second-order valence-corrected chi connectivity index (χ2v) is 3.26. The molecule has 1 heterocycles. The molecule has 2 aromatic rings. The molecule has 0 aliphatic carbocycles. The van der Waals surface area contributed by atoms with Crippen LogP contribution in [-0.2, 0) is 0 Å². The maximum atomic E-state index is 11.9. The molecule has 0 unspecified atom stereocenters. The average molecular weight is 198 g/mol. The Balaban J connectivity index is 2.33. The lowest BCUT2D eigenvalue weighted by Gasteiger charge is -1.98. The van der Waals surface area contributed by atoms with E-state index in [0.717, 1.165) is 5.69 Å². The van der Waals surface area contributed by atoms with Crippen LogP contribution in [0.3, 0.4) is 0 Å². The summed E-state index contributed by atoms with van der Waals surface area (Å²) in [5.74, 6) is -0.0944. The summed E-state index contributed by atoms with van der Waals surface area (Å²) in [5, 5.41) is 7.71. The number of hydrogen-bond donors (Lipinski definition) is 0. The Morgan fingerprint density at radius 1 is 1.00 bits per heavy atom. The molecule has 2 rings (SSSR count). The highest BCUT2D eigenvalue weighted by Gasteiger charge is 2.09. The van der Waals surface area contributed by atoms with Gasteiger partial charge in [0.05, 0.1) is 5.69 Å². The van der Waals surface area contributed by atoms with Crippen molar-refractivity contribution < 1.29 is 4.79 Å². The van der Waals surface area contributed by atoms with Crippen molar-refractivity contribution in [3.05, 3.63) is 59.4 Å². The topological polar surface area (TPSA) is 42.9 Å². The monoisotopic (exact) mass is 198 g/mol. The van der Waals surface area contributed by atoms with E-state index >= 15 is 0 Å². The lowest BCUT2D eigenvalue weighted by Crippen LogP contribution is -2.05. The summed E-state index contributed by atoms with van der Waals surface area (Å²) < 4.78 is 0. The standard InChI is InChI=1S/C12H10N2O/c1-9-7-8-11(14-13-9)12(15)10-5-3-2-4-6-10/h2-8H,1H3. The first-order valence-corrected chi connectivity index (χ1v) is 4.67. The van der Waals surface area contributed by atoms with E-state index in [0.29, 0.717) is 11.3 Å². The van der Waals surface area contributed by atoms with Gasteiger partial charge in [-0.25, -0.2) is 0 Å². The van der Waals surface area contributed by atoms with Gasteiger partial charge in [-0.3, -0.25) is 4.79 Å². The molecule has 74 valence electrons. The molecule has 0 amide bonds.